The number of sulfonamides is 1. The minimum Gasteiger partial charge on any atom is -0.493 e. The Balaban J connectivity index is 1.37. The number of amides is 1. The Morgan fingerprint density at radius 3 is 2.41 bits per heavy atom. The molecule has 180 valence electrons. The quantitative estimate of drug-likeness (QED) is 0.521. The molecule has 1 fully saturated rings. The Morgan fingerprint density at radius 2 is 1.76 bits per heavy atom. The highest BCUT2D eigenvalue weighted by atomic mass is 32.2. The lowest BCUT2D eigenvalue weighted by Gasteiger charge is -2.30. The molecule has 0 bridgehead atoms. The van der Waals surface area contributed by atoms with E-state index in [2.05, 4.69) is 10.3 Å². The first-order valence-electron chi connectivity index (χ1n) is 10.6. The minimum atomic E-state index is -3.72. The van der Waals surface area contributed by atoms with Gasteiger partial charge in [0.05, 0.1) is 24.8 Å². The molecule has 1 saturated heterocycles. The van der Waals surface area contributed by atoms with Gasteiger partial charge in [-0.15, -0.1) is 11.3 Å². The van der Waals surface area contributed by atoms with Crippen LogP contribution in [0.25, 0.3) is 11.3 Å². The van der Waals surface area contributed by atoms with E-state index in [1.165, 1.54) is 27.8 Å². The summed E-state index contributed by atoms with van der Waals surface area (Å²) in [5.74, 6) is 0.190. The zero-order chi connectivity index (χ0) is 24.3. The summed E-state index contributed by atoms with van der Waals surface area (Å²) in [4.78, 5) is 17.3. The molecule has 0 unspecified atom stereocenters. The smallest absolute Gasteiger partial charge is 0.243 e. The van der Waals surface area contributed by atoms with E-state index < -0.39 is 15.8 Å². The lowest BCUT2D eigenvalue weighted by Crippen LogP contribution is -2.41. The molecule has 8 nitrogen and oxygen atoms in total. The van der Waals surface area contributed by atoms with Crippen molar-refractivity contribution in [3.63, 3.8) is 0 Å². The second-order valence-electron chi connectivity index (χ2n) is 7.73. The van der Waals surface area contributed by atoms with E-state index >= 15 is 0 Å². The molecule has 0 radical (unpaired) electrons. The number of carbonyl (C=O) groups is 1. The van der Waals surface area contributed by atoms with Crippen LogP contribution in [-0.4, -0.2) is 50.9 Å². The van der Waals surface area contributed by atoms with Crippen molar-refractivity contribution in [1.29, 1.82) is 0 Å². The van der Waals surface area contributed by atoms with Gasteiger partial charge < -0.3 is 14.8 Å². The average Bonchev–Trinajstić information content (AvgIpc) is 3.32. The van der Waals surface area contributed by atoms with Gasteiger partial charge in [-0.25, -0.2) is 17.8 Å². The van der Waals surface area contributed by atoms with Crippen LogP contribution in [0.1, 0.15) is 12.8 Å². The van der Waals surface area contributed by atoms with E-state index in [0.717, 1.165) is 17.7 Å². The number of nitrogens with zero attached hydrogens (tertiary/aromatic N) is 2. The molecule has 11 heteroatoms. The maximum absolute atomic E-state index is 13.1. The SMILES string of the molecule is COc1ccc(-c2csc(NC(=O)C3CCN(S(=O)(=O)c4ccc(F)cc4)CC3)n2)cc1OC. The topological polar surface area (TPSA) is 97.8 Å². The molecule has 0 aliphatic carbocycles. The van der Waals surface area contributed by atoms with E-state index in [-0.39, 0.29) is 29.8 Å². The largest absolute Gasteiger partial charge is 0.493 e. The third-order valence-corrected chi connectivity index (χ3v) is 8.36. The van der Waals surface area contributed by atoms with E-state index in [0.29, 0.717) is 35.2 Å². The van der Waals surface area contributed by atoms with Crippen LogP contribution in [0.15, 0.2) is 52.7 Å². The fourth-order valence-electron chi connectivity index (χ4n) is 3.78. The zero-order valence-corrected chi connectivity index (χ0v) is 20.3. The Kier molecular flexibility index (Phi) is 7.15. The summed E-state index contributed by atoms with van der Waals surface area (Å²) >= 11 is 1.31. The Hall–Kier alpha value is -3.02. The molecule has 1 N–H and O–H groups in total. The normalized spacial score (nSPS) is 15.1. The predicted octanol–water partition coefficient (Wildman–Crippen LogP) is 4.01. The second kappa shape index (κ2) is 10.1. The lowest BCUT2D eigenvalue weighted by molar-refractivity contribution is -0.120. The van der Waals surface area contributed by atoms with E-state index in [1.54, 1.807) is 20.3 Å². The van der Waals surface area contributed by atoms with Crippen molar-refractivity contribution in [2.24, 2.45) is 5.92 Å². The minimum absolute atomic E-state index is 0.0438. The summed E-state index contributed by atoms with van der Waals surface area (Å²) in [5.41, 5.74) is 1.52. The standard InChI is InChI=1S/C23H24FN3O5S2/c1-31-20-8-3-16(13-21(20)32-2)19-14-33-23(25-19)26-22(28)15-9-11-27(12-10-15)34(29,30)18-6-4-17(24)5-7-18/h3-8,13-15H,9-12H2,1-2H3,(H,25,26,28). The average molecular weight is 506 g/mol. The Labute approximate surface area is 201 Å². The van der Waals surface area contributed by atoms with Crippen molar-refractivity contribution in [3.05, 3.63) is 53.7 Å². The maximum Gasteiger partial charge on any atom is 0.243 e. The number of benzene rings is 2. The van der Waals surface area contributed by atoms with Crippen molar-refractivity contribution in [2.75, 3.05) is 32.6 Å². The second-order valence-corrected chi connectivity index (χ2v) is 10.5. The number of aromatic nitrogens is 1. The Bertz CT molecular complexity index is 1270. The van der Waals surface area contributed by atoms with Crippen LogP contribution >= 0.6 is 11.3 Å². The number of rotatable bonds is 7. The lowest BCUT2D eigenvalue weighted by atomic mass is 9.97. The fourth-order valence-corrected chi connectivity index (χ4v) is 5.97. The number of thiazole rings is 1. The van der Waals surface area contributed by atoms with Crippen LogP contribution in [-0.2, 0) is 14.8 Å². The monoisotopic (exact) mass is 505 g/mol. The van der Waals surface area contributed by atoms with Crippen molar-refractivity contribution in [1.82, 2.24) is 9.29 Å². The molecule has 0 spiro atoms. The van der Waals surface area contributed by atoms with E-state index in [9.17, 15) is 17.6 Å². The highest BCUT2D eigenvalue weighted by molar-refractivity contribution is 7.89. The predicted molar refractivity (Wildman–Crippen MR) is 127 cm³/mol. The molecule has 1 aliphatic heterocycles. The number of methoxy groups -OCH3 is 2. The summed E-state index contributed by atoms with van der Waals surface area (Å²) < 4.78 is 50.6. The van der Waals surface area contributed by atoms with Gasteiger partial charge in [0.15, 0.2) is 16.6 Å². The summed E-state index contributed by atoms with van der Waals surface area (Å²) in [6.07, 6.45) is 0.778. The Morgan fingerprint density at radius 1 is 1.09 bits per heavy atom. The molecule has 1 aliphatic rings. The molecule has 4 rings (SSSR count). The third kappa shape index (κ3) is 5.06. The first kappa shape index (κ1) is 24.1. The van der Waals surface area contributed by atoms with Crippen LogP contribution in [0.3, 0.4) is 0 Å². The summed E-state index contributed by atoms with van der Waals surface area (Å²) in [7, 11) is -0.593. The van der Waals surface area contributed by atoms with Crippen LogP contribution in [0.5, 0.6) is 11.5 Å². The van der Waals surface area contributed by atoms with Gasteiger partial charge in [0.2, 0.25) is 15.9 Å². The maximum atomic E-state index is 13.1. The highest BCUT2D eigenvalue weighted by Crippen LogP contribution is 2.34. The van der Waals surface area contributed by atoms with Crippen LogP contribution < -0.4 is 14.8 Å². The first-order valence-corrected chi connectivity index (χ1v) is 12.9. The van der Waals surface area contributed by atoms with Gasteiger partial charge in [-0.2, -0.15) is 4.31 Å². The van der Waals surface area contributed by atoms with E-state index in [1.807, 2.05) is 17.5 Å². The molecule has 1 aromatic heterocycles. The van der Waals surface area contributed by atoms with Gasteiger partial charge in [0.25, 0.3) is 0 Å². The number of ether oxygens (including phenoxy) is 2. The zero-order valence-electron chi connectivity index (χ0n) is 18.7. The molecular weight excluding hydrogens is 481 g/mol. The first-order chi connectivity index (χ1) is 16.3. The number of nitrogens with one attached hydrogen (secondary N) is 1. The van der Waals surface area contributed by atoms with Crippen LogP contribution in [0.4, 0.5) is 9.52 Å². The number of piperidine rings is 1. The van der Waals surface area contributed by atoms with Crippen molar-refractivity contribution >= 4 is 32.4 Å². The van der Waals surface area contributed by atoms with Gasteiger partial charge in [0, 0.05) is 30.0 Å². The number of carbonyl (C=O) groups excluding carboxylic acids is 1. The number of halogens is 1. The van der Waals surface area contributed by atoms with Crippen molar-refractivity contribution < 1.29 is 27.1 Å². The van der Waals surface area contributed by atoms with Gasteiger partial charge in [-0.1, -0.05) is 0 Å². The number of hydrogen-bond donors (Lipinski definition) is 1. The van der Waals surface area contributed by atoms with Gasteiger partial charge in [0.1, 0.15) is 5.82 Å². The van der Waals surface area contributed by atoms with Gasteiger partial charge in [-0.3, -0.25) is 4.79 Å². The molecule has 34 heavy (non-hydrogen) atoms. The van der Waals surface area contributed by atoms with E-state index in [4.69, 9.17) is 9.47 Å². The molecule has 0 saturated carbocycles. The summed E-state index contributed by atoms with van der Waals surface area (Å²) in [5, 5.41) is 5.16. The molecule has 2 aromatic carbocycles. The molecule has 2 heterocycles. The molecule has 3 aromatic rings. The van der Waals surface area contributed by atoms with Crippen LogP contribution in [0.2, 0.25) is 0 Å². The highest BCUT2D eigenvalue weighted by Gasteiger charge is 2.32. The molecule has 1 amide bonds. The number of hydrogen-bond acceptors (Lipinski definition) is 7. The fraction of sp³-hybridized carbons (Fsp3) is 0.304. The van der Waals surface area contributed by atoms with Crippen molar-refractivity contribution in [2.45, 2.75) is 17.7 Å². The molecular formula is C23H24FN3O5S2. The third-order valence-electron chi connectivity index (χ3n) is 5.69. The number of anilines is 1. The van der Waals surface area contributed by atoms with Gasteiger partial charge in [-0.05, 0) is 55.3 Å². The van der Waals surface area contributed by atoms with Crippen LogP contribution in [0, 0.1) is 11.7 Å². The molecule has 0 atom stereocenters. The summed E-state index contributed by atoms with van der Waals surface area (Å²) in [6, 6.07) is 10.2. The van der Waals surface area contributed by atoms with Crippen molar-refractivity contribution in [3.8, 4) is 22.8 Å². The van der Waals surface area contributed by atoms with Gasteiger partial charge >= 0.3 is 0 Å². The summed E-state index contributed by atoms with van der Waals surface area (Å²) in [6.45, 7) is 0.430.